The van der Waals surface area contributed by atoms with E-state index in [0.717, 1.165) is 5.56 Å². The van der Waals surface area contributed by atoms with Crippen molar-refractivity contribution in [1.82, 2.24) is 10.2 Å². The number of hydrogen-bond donors (Lipinski definition) is 2. The summed E-state index contributed by atoms with van der Waals surface area (Å²) >= 11 is 6.00. The Balaban J connectivity index is 1.77. The summed E-state index contributed by atoms with van der Waals surface area (Å²) in [5.74, 6) is -1.26. The van der Waals surface area contributed by atoms with Gasteiger partial charge in [0.2, 0.25) is 5.91 Å². The van der Waals surface area contributed by atoms with Crippen LogP contribution in [-0.2, 0) is 16.1 Å². The summed E-state index contributed by atoms with van der Waals surface area (Å²) in [6.45, 7) is 1.70. The van der Waals surface area contributed by atoms with Crippen LogP contribution in [0.25, 0.3) is 0 Å². The van der Waals surface area contributed by atoms with Gasteiger partial charge in [-0.05, 0) is 24.6 Å². The topological polar surface area (TPSA) is 69.6 Å². The molecule has 20 heavy (non-hydrogen) atoms. The van der Waals surface area contributed by atoms with Crippen LogP contribution >= 0.6 is 11.6 Å². The van der Waals surface area contributed by atoms with Crippen LogP contribution in [0.2, 0.25) is 5.02 Å². The van der Waals surface area contributed by atoms with E-state index in [1.54, 1.807) is 6.07 Å². The molecule has 1 saturated heterocycles. The molecule has 0 aliphatic carbocycles. The highest BCUT2D eigenvalue weighted by Crippen LogP contribution is 2.16. The van der Waals surface area contributed by atoms with Gasteiger partial charge in [0.05, 0.1) is 12.5 Å². The molecule has 6 heteroatoms. The van der Waals surface area contributed by atoms with Crippen LogP contribution in [0.15, 0.2) is 24.3 Å². The third-order valence-corrected chi connectivity index (χ3v) is 3.79. The molecule has 1 atom stereocenters. The molecule has 1 aromatic carbocycles. The van der Waals surface area contributed by atoms with Gasteiger partial charge < -0.3 is 10.4 Å². The first-order valence-electron chi connectivity index (χ1n) is 6.51. The summed E-state index contributed by atoms with van der Waals surface area (Å²) < 4.78 is 0. The fourth-order valence-corrected chi connectivity index (χ4v) is 2.47. The Labute approximate surface area is 122 Å². The monoisotopic (exact) mass is 296 g/mol. The number of aliphatic carboxylic acids is 1. The average Bonchev–Trinajstić information content (AvgIpc) is 2.86. The van der Waals surface area contributed by atoms with Crippen LogP contribution in [0.1, 0.15) is 12.0 Å². The maximum Gasteiger partial charge on any atom is 0.307 e. The molecule has 1 aliphatic rings. The highest BCUT2D eigenvalue weighted by atomic mass is 35.5. The lowest BCUT2D eigenvalue weighted by Gasteiger charge is -2.15. The predicted octanol–water partition coefficient (Wildman–Crippen LogP) is 1.36. The van der Waals surface area contributed by atoms with Crippen LogP contribution in [0.3, 0.4) is 0 Å². The molecule has 0 aromatic heterocycles. The molecule has 1 heterocycles. The van der Waals surface area contributed by atoms with Gasteiger partial charge in [0, 0.05) is 18.1 Å². The first-order chi connectivity index (χ1) is 9.56. The van der Waals surface area contributed by atoms with Crippen molar-refractivity contribution in [2.24, 2.45) is 5.92 Å². The summed E-state index contributed by atoms with van der Waals surface area (Å²) in [6.07, 6.45) is 0.604. The van der Waals surface area contributed by atoms with E-state index in [-0.39, 0.29) is 18.4 Å². The molecule has 1 fully saturated rings. The maximum absolute atomic E-state index is 11.8. The van der Waals surface area contributed by atoms with Crippen molar-refractivity contribution in [2.75, 3.05) is 19.6 Å². The zero-order valence-electron chi connectivity index (χ0n) is 11.0. The third kappa shape index (κ3) is 3.95. The van der Waals surface area contributed by atoms with Gasteiger partial charge in [-0.2, -0.15) is 0 Å². The van der Waals surface area contributed by atoms with E-state index in [2.05, 4.69) is 5.32 Å². The lowest BCUT2D eigenvalue weighted by molar-refractivity contribution is -0.141. The zero-order chi connectivity index (χ0) is 14.5. The summed E-state index contributed by atoms with van der Waals surface area (Å²) in [5, 5.41) is 12.3. The molecule has 0 radical (unpaired) electrons. The van der Waals surface area contributed by atoms with E-state index in [0.29, 0.717) is 31.1 Å². The van der Waals surface area contributed by atoms with E-state index in [4.69, 9.17) is 16.7 Å². The summed E-state index contributed by atoms with van der Waals surface area (Å²) in [6, 6.07) is 7.34. The molecule has 1 aliphatic heterocycles. The second kappa shape index (κ2) is 6.72. The smallest absolute Gasteiger partial charge is 0.307 e. The second-order valence-electron chi connectivity index (χ2n) is 4.93. The van der Waals surface area contributed by atoms with Crippen molar-refractivity contribution in [1.29, 1.82) is 0 Å². The van der Waals surface area contributed by atoms with Crippen LogP contribution in [0.5, 0.6) is 0 Å². The highest BCUT2D eigenvalue weighted by Gasteiger charge is 2.28. The maximum atomic E-state index is 11.8. The molecular weight excluding hydrogens is 280 g/mol. The van der Waals surface area contributed by atoms with Gasteiger partial charge in [-0.3, -0.25) is 14.5 Å². The SMILES string of the molecule is O=C(CN1CCC(C(=O)O)C1)NCc1ccccc1Cl. The number of hydrogen-bond acceptors (Lipinski definition) is 3. The van der Waals surface area contributed by atoms with Gasteiger partial charge in [0.1, 0.15) is 0 Å². The van der Waals surface area contributed by atoms with Crippen LogP contribution in [0, 0.1) is 5.92 Å². The number of carbonyl (C=O) groups excluding carboxylic acids is 1. The van der Waals surface area contributed by atoms with Gasteiger partial charge >= 0.3 is 5.97 Å². The number of nitrogens with zero attached hydrogens (tertiary/aromatic N) is 1. The number of likely N-dealkylation sites (tertiary alicyclic amines) is 1. The van der Waals surface area contributed by atoms with E-state index < -0.39 is 5.97 Å². The van der Waals surface area contributed by atoms with E-state index in [1.807, 2.05) is 23.1 Å². The first kappa shape index (κ1) is 14.8. The number of rotatable bonds is 5. The number of benzene rings is 1. The van der Waals surface area contributed by atoms with Crippen LogP contribution in [0.4, 0.5) is 0 Å². The standard InChI is InChI=1S/C14H17ClN2O3/c15-12-4-2-1-3-10(12)7-16-13(18)9-17-6-5-11(8-17)14(19)20/h1-4,11H,5-9H2,(H,16,18)(H,19,20). The summed E-state index contributed by atoms with van der Waals surface area (Å²) in [7, 11) is 0. The molecule has 2 N–H and O–H groups in total. The minimum absolute atomic E-state index is 0.115. The number of nitrogens with one attached hydrogen (secondary N) is 1. The molecule has 0 saturated carbocycles. The second-order valence-corrected chi connectivity index (χ2v) is 5.33. The fraction of sp³-hybridized carbons (Fsp3) is 0.429. The number of carboxylic acids is 1. The van der Waals surface area contributed by atoms with Crippen molar-refractivity contribution < 1.29 is 14.7 Å². The third-order valence-electron chi connectivity index (χ3n) is 3.42. The van der Waals surface area contributed by atoms with Crippen LogP contribution in [-0.4, -0.2) is 41.5 Å². The molecule has 0 spiro atoms. The zero-order valence-corrected chi connectivity index (χ0v) is 11.8. The van der Waals surface area contributed by atoms with Crippen molar-refractivity contribution in [3.05, 3.63) is 34.9 Å². The van der Waals surface area contributed by atoms with Crippen molar-refractivity contribution in [3.8, 4) is 0 Å². The van der Waals surface area contributed by atoms with Gasteiger partial charge in [0.25, 0.3) is 0 Å². The van der Waals surface area contributed by atoms with Crippen molar-refractivity contribution in [2.45, 2.75) is 13.0 Å². The Morgan fingerprint density at radius 2 is 2.15 bits per heavy atom. The lowest BCUT2D eigenvalue weighted by atomic mass is 10.1. The Hall–Kier alpha value is -1.59. The quantitative estimate of drug-likeness (QED) is 0.861. The summed E-state index contributed by atoms with van der Waals surface area (Å²) in [5.41, 5.74) is 0.868. The normalized spacial score (nSPS) is 18.9. The Kier molecular flexibility index (Phi) is 4.98. The number of amides is 1. The van der Waals surface area contributed by atoms with Gasteiger partial charge in [-0.1, -0.05) is 29.8 Å². The number of halogens is 1. The molecule has 5 nitrogen and oxygen atoms in total. The Morgan fingerprint density at radius 3 is 2.80 bits per heavy atom. The minimum atomic E-state index is -0.788. The number of carbonyl (C=O) groups is 2. The van der Waals surface area contributed by atoms with E-state index in [1.165, 1.54) is 0 Å². The molecule has 1 unspecified atom stereocenters. The molecule has 1 amide bonds. The lowest BCUT2D eigenvalue weighted by Crippen LogP contribution is -2.36. The van der Waals surface area contributed by atoms with Gasteiger partial charge in [-0.25, -0.2) is 0 Å². The van der Waals surface area contributed by atoms with Crippen molar-refractivity contribution >= 4 is 23.5 Å². The molecule has 2 rings (SSSR count). The highest BCUT2D eigenvalue weighted by molar-refractivity contribution is 6.31. The van der Waals surface area contributed by atoms with Gasteiger partial charge in [0.15, 0.2) is 0 Å². The largest absolute Gasteiger partial charge is 0.481 e. The predicted molar refractivity (Wildman–Crippen MR) is 75.5 cm³/mol. The number of carboxylic acid groups (broad SMARTS) is 1. The van der Waals surface area contributed by atoms with Gasteiger partial charge in [-0.15, -0.1) is 0 Å². The Morgan fingerprint density at radius 1 is 1.40 bits per heavy atom. The molecule has 0 bridgehead atoms. The molecule has 108 valence electrons. The Bertz CT molecular complexity index is 507. The summed E-state index contributed by atoms with van der Waals surface area (Å²) in [4.78, 5) is 24.5. The van der Waals surface area contributed by atoms with E-state index >= 15 is 0 Å². The van der Waals surface area contributed by atoms with Crippen LogP contribution < -0.4 is 5.32 Å². The fourth-order valence-electron chi connectivity index (χ4n) is 2.27. The first-order valence-corrected chi connectivity index (χ1v) is 6.89. The minimum Gasteiger partial charge on any atom is -0.481 e. The van der Waals surface area contributed by atoms with Crippen molar-refractivity contribution in [3.63, 3.8) is 0 Å². The average molecular weight is 297 g/mol. The molecular formula is C14H17ClN2O3. The van der Waals surface area contributed by atoms with E-state index in [9.17, 15) is 9.59 Å². The molecule has 1 aromatic rings.